The summed E-state index contributed by atoms with van der Waals surface area (Å²) in [5.41, 5.74) is 3.34. The number of carbonyl (C=O) groups is 1. The van der Waals surface area contributed by atoms with Crippen molar-refractivity contribution in [3.8, 4) is 5.75 Å². The molecule has 28 heavy (non-hydrogen) atoms. The van der Waals surface area contributed by atoms with Gasteiger partial charge in [-0.05, 0) is 44.0 Å². The van der Waals surface area contributed by atoms with Crippen LogP contribution in [0.2, 0.25) is 5.02 Å². The maximum absolute atomic E-state index is 12.7. The zero-order valence-corrected chi connectivity index (χ0v) is 17.3. The van der Waals surface area contributed by atoms with Gasteiger partial charge in [0.1, 0.15) is 5.75 Å². The Bertz CT molecular complexity index is 979. The molecule has 0 saturated heterocycles. The number of aryl methyl sites for hydroxylation is 3. The number of benzene rings is 1. The van der Waals surface area contributed by atoms with Gasteiger partial charge in [-0.2, -0.15) is 10.2 Å². The third-order valence-corrected chi connectivity index (χ3v) is 4.80. The fourth-order valence-corrected chi connectivity index (χ4v) is 3.06. The Morgan fingerprint density at radius 1 is 1.29 bits per heavy atom. The van der Waals surface area contributed by atoms with E-state index in [0.717, 1.165) is 22.6 Å². The summed E-state index contributed by atoms with van der Waals surface area (Å²) in [6, 6.07) is 7.73. The van der Waals surface area contributed by atoms with Gasteiger partial charge in [0.15, 0.2) is 12.4 Å². The summed E-state index contributed by atoms with van der Waals surface area (Å²) < 4.78 is 9.22. The van der Waals surface area contributed by atoms with Gasteiger partial charge in [0.25, 0.3) is 5.91 Å². The minimum Gasteiger partial charge on any atom is -0.471 e. The lowest BCUT2D eigenvalue weighted by Gasteiger charge is -2.17. The van der Waals surface area contributed by atoms with Crippen LogP contribution in [0, 0.1) is 13.8 Å². The number of nitrogens with zero attached hydrogens (tertiary/aromatic N) is 5. The topological polar surface area (TPSA) is 65.2 Å². The van der Waals surface area contributed by atoms with E-state index in [1.165, 1.54) is 0 Å². The molecule has 0 aliphatic rings. The largest absolute Gasteiger partial charge is 0.471 e. The quantitative estimate of drug-likeness (QED) is 0.605. The lowest BCUT2D eigenvalue weighted by molar-refractivity contribution is 0.0773. The number of amides is 1. The number of aromatic nitrogens is 4. The number of halogens is 1. The molecular formula is C20H24ClN5O2. The standard InChI is InChI=1S/C20H24ClN5O2/c1-5-26-18(16(21)11-22-26)12-24(4)20(27)17-8-9-25(23-17)13-28-19-10-14(2)6-7-15(19)3/h6-11H,5,12-13H2,1-4H3. The first kappa shape index (κ1) is 19.9. The van der Waals surface area contributed by atoms with Gasteiger partial charge in [-0.3, -0.25) is 9.48 Å². The Morgan fingerprint density at radius 3 is 2.82 bits per heavy atom. The number of ether oxygens (including phenoxy) is 1. The molecule has 0 aliphatic carbocycles. The van der Waals surface area contributed by atoms with Crippen LogP contribution >= 0.6 is 11.6 Å². The third-order valence-electron chi connectivity index (χ3n) is 4.49. The van der Waals surface area contributed by atoms with E-state index in [9.17, 15) is 4.79 Å². The average Bonchev–Trinajstić information content (AvgIpc) is 3.29. The molecule has 0 unspecified atom stereocenters. The molecule has 3 aromatic rings. The van der Waals surface area contributed by atoms with Crippen LogP contribution in [-0.2, 0) is 19.8 Å². The lowest BCUT2D eigenvalue weighted by Crippen LogP contribution is -2.28. The predicted octanol–water partition coefficient (Wildman–Crippen LogP) is 3.68. The molecule has 0 N–H and O–H groups in total. The lowest BCUT2D eigenvalue weighted by atomic mass is 10.1. The van der Waals surface area contributed by atoms with E-state index < -0.39 is 0 Å². The summed E-state index contributed by atoms with van der Waals surface area (Å²) in [4.78, 5) is 14.3. The molecule has 1 aromatic carbocycles. The molecule has 2 aromatic heterocycles. The second-order valence-corrected chi connectivity index (χ2v) is 7.11. The van der Waals surface area contributed by atoms with Gasteiger partial charge in [0.05, 0.1) is 23.5 Å². The van der Waals surface area contributed by atoms with Gasteiger partial charge in [0, 0.05) is 19.8 Å². The first-order valence-corrected chi connectivity index (χ1v) is 9.46. The maximum Gasteiger partial charge on any atom is 0.274 e. The average molecular weight is 402 g/mol. The molecule has 0 fully saturated rings. The number of rotatable bonds is 7. The molecule has 3 rings (SSSR count). The van der Waals surface area contributed by atoms with Crippen molar-refractivity contribution in [2.24, 2.45) is 0 Å². The molecule has 0 aliphatic heterocycles. The van der Waals surface area contributed by atoms with E-state index in [-0.39, 0.29) is 12.6 Å². The van der Waals surface area contributed by atoms with Crippen molar-refractivity contribution in [3.63, 3.8) is 0 Å². The fraction of sp³-hybridized carbons (Fsp3) is 0.350. The summed E-state index contributed by atoms with van der Waals surface area (Å²) in [6.07, 6.45) is 3.33. The van der Waals surface area contributed by atoms with Gasteiger partial charge in [-0.25, -0.2) is 4.68 Å². The van der Waals surface area contributed by atoms with Crippen LogP contribution in [0.3, 0.4) is 0 Å². The van der Waals surface area contributed by atoms with E-state index in [2.05, 4.69) is 10.2 Å². The Morgan fingerprint density at radius 2 is 2.07 bits per heavy atom. The summed E-state index contributed by atoms with van der Waals surface area (Å²) in [7, 11) is 1.72. The van der Waals surface area contributed by atoms with Crippen LogP contribution in [0.15, 0.2) is 36.7 Å². The second-order valence-electron chi connectivity index (χ2n) is 6.70. The van der Waals surface area contributed by atoms with Crippen LogP contribution in [0.4, 0.5) is 0 Å². The van der Waals surface area contributed by atoms with Gasteiger partial charge in [-0.1, -0.05) is 23.7 Å². The van der Waals surface area contributed by atoms with Gasteiger partial charge < -0.3 is 9.64 Å². The van der Waals surface area contributed by atoms with Crippen LogP contribution < -0.4 is 4.74 Å². The Balaban J connectivity index is 1.64. The minimum absolute atomic E-state index is 0.189. The highest BCUT2D eigenvalue weighted by molar-refractivity contribution is 6.31. The highest BCUT2D eigenvalue weighted by atomic mass is 35.5. The smallest absolute Gasteiger partial charge is 0.274 e. The summed E-state index contributed by atoms with van der Waals surface area (Å²) in [5, 5.41) is 9.09. The molecule has 2 heterocycles. The van der Waals surface area contributed by atoms with Crippen molar-refractivity contribution in [1.82, 2.24) is 24.5 Å². The van der Waals surface area contributed by atoms with Crippen LogP contribution in [0.25, 0.3) is 0 Å². The number of hydrogen-bond acceptors (Lipinski definition) is 4. The van der Waals surface area contributed by atoms with Crippen molar-refractivity contribution in [2.45, 2.75) is 40.6 Å². The van der Waals surface area contributed by atoms with Crippen molar-refractivity contribution in [1.29, 1.82) is 0 Å². The van der Waals surface area contributed by atoms with Crippen molar-refractivity contribution in [3.05, 3.63) is 64.2 Å². The molecule has 7 nitrogen and oxygen atoms in total. The van der Waals surface area contributed by atoms with E-state index >= 15 is 0 Å². The molecule has 0 spiro atoms. The highest BCUT2D eigenvalue weighted by Gasteiger charge is 2.18. The zero-order chi connectivity index (χ0) is 20.3. The van der Waals surface area contributed by atoms with Crippen LogP contribution in [0.5, 0.6) is 5.75 Å². The Hall–Kier alpha value is -2.80. The summed E-state index contributed by atoms with van der Waals surface area (Å²) in [6.45, 7) is 7.27. The first-order valence-electron chi connectivity index (χ1n) is 9.08. The maximum atomic E-state index is 12.7. The van der Waals surface area contributed by atoms with E-state index in [0.29, 0.717) is 23.8 Å². The molecule has 0 saturated carbocycles. The number of carbonyl (C=O) groups excluding carboxylic acids is 1. The molecule has 0 atom stereocenters. The molecule has 1 amide bonds. The van der Waals surface area contributed by atoms with Gasteiger partial charge >= 0.3 is 0 Å². The fourth-order valence-electron chi connectivity index (χ4n) is 2.86. The van der Waals surface area contributed by atoms with Crippen molar-refractivity contribution >= 4 is 17.5 Å². The van der Waals surface area contributed by atoms with E-state index in [4.69, 9.17) is 16.3 Å². The molecular weight excluding hydrogens is 378 g/mol. The third kappa shape index (κ3) is 4.36. The predicted molar refractivity (Wildman–Crippen MR) is 107 cm³/mol. The van der Waals surface area contributed by atoms with Gasteiger partial charge in [-0.15, -0.1) is 0 Å². The van der Waals surface area contributed by atoms with E-state index in [1.807, 2.05) is 39.0 Å². The highest BCUT2D eigenvalue weighted by Crippen LogP contribution is 2.20. The SMILES string of the molecule is CCn1ncc(Cl)c1CN(C)C(=O)c1ccn(COc2cc(C)ccc2C)n1. The molecule has 0 radical (unpaired) electrons. The normalized spacial score (nSPS) is 10.9. The van der Waals surface area contributed by atoms with Crippen molar-refractivity contribution in [2.75, 3.05) is 7.05 Å². The first-order chi connectivity index (χ1) is 13.4. The molecule has 148 valence electrons. The zero-order valence-electron chi connectivity index (χ0n) is 16.5. The summed E-state index contributed by atoms with van der Waals surface area (Å²) in [5.74, 6) is 0.619. The summed E-state index contributed by atoms with van der Waals surface area (Å²) >= 11 is 6.19. The second kappa shape index (κ2) is 8.48. The Kier molecular flexibility index (Phi) is 6.04. The minimum atomic E-state index is -0.189. The monoisotopic (exact) mass is 401 g/mol. The number of hydrogen-bond donors (Lipinski definition) is 0. The van der Waals surface area contributed by atoms with Crippen molar-refractivity contribution < 1.29 is 9.53 Å². The molecule has 0 bridgehead atoms. The van der Waals surface area contributed by atoms with Crippen LogP contribution in [-0.4, -0.2) is 37.4 Å². The van der Waals surface area contributed by atoms with E-state index in [1.54, 1.807) is 39.8 Å². The molecule has 8 heteroatoms. The van der Waals surface area contributed by atoms with Crippen LogP contribution in [0.1, 0.15) is 34.2 Å². The van der Waals surface area contributed by atoms with Gasteiger partial charge in [0.2, 0.25) is 0 Å². The Labute approximate surface area is 169 Å².